The van der Waals surface area contributed by atoms with Crippen LogP contribution in [0.15, 0.2) is 22.7 Å². The van der Waals surface area contributed by atoms with Crippen molar-refractivity contribution in [2.75, 3.05) is 7.11 Å². The Morgan fingerprint density at radius 1 is 1.32 bits per heavy atom. The van der Waals surface area contributed by atoms with Gasteiger partial charge in [-0.2, -0.15) is 4.98 Å². The van der Waals surface area contributed by atoms with E-state index < -0.39 is 0 Å². The van der Waals surface area contributed by atoms with Crippen LogP contribution in [0.25, 0.3) is 11.4 Å². The summed E-state index contributed by atoms with van der Waals surface area (Å²) in [7, 11) is 1.65. The molecule has 0 amide bonds. The van der Waals surface area contributed by atoms with Crippen molar-refractivity contribution in [2.45, 2.75) is 32.7 Å². The molecule has 5 nitrogen and oxygen atoms in total. The molecule has 1 aromatic carbocycles. The number of rotatable bonds is 4. The molecule has 5 heteroatoms. The summed E-state index contributed by atoms with van der Waals surface area (Å²) in [4.78, 5) is 4.40. The second kappa shape index (κ2) is 5.40. The van der Waals surface area contributed by atoms with Crippen LogP contribution >= 0.6 is 0 Å². The quantitative estimate of drug-likeness (QED) is 0.915. The van der Waals surface area contributed by atoms with Crippen LogP contribution in [0.3, 0.4) is 0 Å². The van der Waals surface area contributed by atoms with E-state index in [0.29, 0.717) is 11.7 Å². The smallest absolute Gasteiger partial charge is 0.231 e. The first-order valence-electron chi connectivity index (χ1n) is 6.27. The Bertz CT molecular complexity index is 564. The molecular weight excluding hydrogens is 242 g/mol. The fraction of sp³-hybridized carbons (Fsp3) is 0.429. The topological polar surface area (TPSA) is 74.2 Å². The average Bonchev–Trinajstić information content (AvgIpc) is 2.87. The molecule has 1 aromatic heterocycles. The first-order valence-corrected chi connectivity index (χ1v) is 6.27. The molecule has 102 valence electrons. The van der Waals surface area contributed by atoms with Crippen LogP contribution in [0.2, 0.25) is 0 Å². The molecule has 2 rings (SSSR count). The minimum atomic E-state index is -0.0223. The predicted octanol–water partition coefficient (Wildman–Crippen LogP) is 2.50. The minimum absolute atomic E-state index is 0.0223. The standard InChI is InChI=1S/C14H19N3O2/c1-8-7-11(5-6-12(8)18-4)13-16-14(19-17-13)9(2)10(3)15/h5-7,9-10H,15H2,1-4H3. The maximum Gasteiger partial charge on any atom is 0.231 e. The maximum atomic E-state index is 5.83. The molecule has 0 spiro atoms. The highest BCUT2D eigenvalue weighted by Gasteiger charge is 2.18. The third-order valence-electron chi connectivity index (χ3n) is 3.27. The zero-order valence-electron chi connectivity index (χ0n) is 11.7. The van der Waals surface area contributed by atoms with E-state index in [9.17, 15) is 0 Å². The van der Waals surface area contributed by atoms with Crippen molar-refractivity contribution >= 4 is 0 Å². The number of aryl methyl sites for hydroxylation is 1. The van der Waals surface area contributed by atoms with Gasteiger partial charge in [-0.05, 0) is 37.6 Å². The summed E-state index contributed by atoms with van der Waals surface area (Å²) in [5.74, 6) is 2.03. The van der Waals surface area contributed by atoms with E-state index in [1.54, 1.807) is 7.11 Å². The summed E-state index contributed by atoms with van der Waals surface area (Å²) in [5, 5.41) is 4.00. The zero-order chi connectivity index (χ0) is 14.0. The fourth-order valence-electron chi connectivity index (χ4n) is 1.78. The molecule has 19 heavy (non-hydrogen) atoms. The molecule has 0 aliphatic rings. The van der Waals surface area contributed by atoms with E-state index in [1.165, 1.54) is 0 Å². The number of nitrogens with zero attached hydrogens (tertiary/aromatic N) is 2. The van der Waals surface area contributed by atoms with Gasteiger partial charge in [0, 0.05) is 11.6 Å². The lowest BCUT2D eigenvalue weighted by molar-refractivity contribution is 0.346. The Kier molecular flexibility index (Phi) is 3.85. The molecule has 0 aliphatic carbocycles. The first kappa shape index (κ1) is 13.5. The van der Waals surface area contributed by atoms with Gasteiger partial charge in [0.15, 0.2) is 0 Å². The van der Waals surface area contributed by atoms with Gasteiger partial charge < -0.3 is 15.0 Å². The van der Waals surface area contributed by atoms with Gasteiger partial charge in [-0.1, -0.05) is 12.1 Å². The Labute approximate surface area is 112 Å². The van der Waals surface area contributed by atoms with Gasteiger partial charge in [-0.15, -0.1) is 0 Å². The van der Waals surface area contributed by atoms with Gasteiger partial charge in [-0.3, -0.25) is 0 Å². The van der Waals surface area contributed by atoms with Crippen molar-refractivity contribution in [3.8, 4) is 17.1 Å². The molecule has 0 fully saturated rings. The van der Waals surface area contributed by atoms with Crippen LogP contribution < -0.4 is 10.5 Å². The van der Waals surface area contributed by atoms with Gasteiger partial charge in [-0.25, -0.2) is 0 Å². The number of aromatic nitrogens is 2. The number of hydrogen-bond acceptors (Lipinski definition) is 5. The normalized spacial score (nSPS) is 14.2. The third-order valence-corrected chi connectivity index (χ3v) is 3.27. The van der Waals surface area contributed by atoms with Crippen molar-refractivity contribution in [1.29, 1.82) is 0 Å². The molecule has 2 N–H and O–H groups in total. The van der Waals surface area contributed by atoms with Crippen LogP contribution in [0.4, 0.5) is 0 Å². The van der Waals surface area contributed by atoms with E-state index >= 15 is 0 Å². The highest BCUT2D eigenvalue weighted by atomic mass is 16.5. The monoisotopic (exact) mass is 261 g/mol. The van der Waals surface area contributed by atoms with Crippen molar-refractivity contribution in [1.82, 2.24) is 10.1 Å². The predicted molar refractivity (Wildman–Crippen MR) is 73.1 cm³/mol. The molecule has 1 heterocycles. The molecule has 0 radical (unpaired) electrons. The summed E-state index contributed by atoms with van der Waals surface area (Å²) in [5.41, 5.74) is 7.78. The van der Waals surface area contributed by atoms with E-state index in [-0.39, 0.29) is 12.0 Å². The van der Waals surface area contributed by atoms with Gasteiger partial charge in [0.05, 0.1) is 13.0 Å². The van der Waals surface area contributed by atoms with Crippen LogP contribution in [0.5, 0.6) is 5.75 Å². The summed E-state index contributed by atoms with van der Waals surface area (Å²) in [6.45, 7) is 5.88. The first-order chi connectivity index (χ1) is 9.02. The molecule has 2 unspecified atom stereocenters. The highest BCUT2D eigenvalue weighted by Crippen LogP contribution is 2.25. The summed E-state index contributed by atoms with van der Waals surface area (Å²) >= 11 is 0. The van der Waals surface area contributed by atoms with Crippen LogP contribution in [-0.2, 0) is 0 Å². The molecular formula is C14H19N3O2. The van der Waals surface area contributed by atoms with E-state index in [1.807, 2.05) is 39.0 Å². The molecule has 2 aromatic rings. The van der Waals surface area contributed by atoms with Crippen LogP contribution in [-0.4, -0.2) is 23.3 Å². The average molecular weight is 261 g/mol. The van der Waals surface area contributed by atoms with Crippen LogP contribution in [0.1, 0.15) is 31.2 Å². The molecule has 0 saturated carbocycles. The second-order valence-corrected chi connectivity index (χ2v) is 4.79. The van der Waals surface area contributed by atoms with Gasteiger partial charge in [0.25, 0.3) is 0 Å². The van der Waals surface area contributed by atoms with Gasteiger partial charge in [0.1, 0.15) is 5.75 Å². The number of hydrogen-bond donors (Lipinski definition) is 1. The van der Waals surface area contributed by atoms with Crippen molar-refractivity contribution in [3.05, 3.63) is 29.7 Å². The zero-order valence-corrected chi connectivity index (χ0v) is 11.7. The van der Waals surface area contributed by atoms with Crippen LogP contribution in [0, 0.1) is 6.92 Å². The fourth-order valence-corrected chi connectivity index (χ4v) is 1.78. The SMILES string of the molecule is COc1ccc(-c2noc(C(C)C(C)N)n2)cc1C. The molecule has 2 atom stereocenters. The molecule has 0 aliphatic heterocycles. The van der Waals surface area contributed by atoms with Gasteiger partial charge in [0.2, 0.25) is 11.7 Å². The Morgan fingerprint density at radius 3 is 2.63 bits per heavy atom. The van der Waals surface area contributed by atoms with Gasteiger partial charge >= 0.3 is 0 Å². The maximum absolute atomic E-state index is 5.83. The number of benzene rings is 1. The highest BCUT2D eigenvalue weighted by molar-refractivity contribution is 5.58. The summed E-state index contributed by atoms with van der Waals surface area (Å²) in [6.07, 6.45) is 0. The van der Waals surface area contributed by atoms with Crippen molar-refractivity contribution in [2.24, 2.45) is 5.73 Å². The Morgan fingerprint density at radius 2 is 2.05 bits per heavy atom. The van der Waals surface area contributed by atoms with E-state index in [4.69, 9.17) is 15.0 Å². The Hall–Kier alpha value is -1.88. The Balaban J connectivity index is 2.30. The van der Waals surface area contributed by atoms with Crippen molar-refractivity contribution < 1.29 is 9.26 Å². The third kappa shape index (κ3) is 2.76. The minimum Gasteiger partial charge on any atom is -0.496 e. The number of methoxy groups -OCH3 is 1. The van der Waals surface area contributed by atoms with E-state index in [0.717, 1.165) is 16.9 Å². The van der Waals surface area contributed by atoms with Crippen molar-refractivity contribution in [3.63, 3.8) is 0 Å². The second-order valence-electron chi connectivity index (χ2n) is 4.79. The largest absolute Gasteiger partial charge is 0.496 e. The lowest BCUT2D eigenvalue weighted by Gasteiger charge is -2.09. The summed E-state index contributed by atoms with van der Waals surface area (Å²) in [6, 6.07) is 5.77. The lowest BCUT2D eigenvalue weighted by Crippen LogP contribution is -2.22. The number of ether oxygens (including phenoxy) is 1. The molecule has 0 bridgehead atoms. The number of nitrogens with two attached hydrogens (primary N) is 1. The van der Waals surface area contributed by atoms with E-state index in [2.05, 4.69) is 10.1 Å². The molecule has 0 saturated heterocycles. The lowest BCUT2D eigenvalue weighted by atomic mass is 10.1. The summed E-state index contributed by atoms with van der Waals surface area (Å²) < 4.78 is 10.5.